The van der Waals surface area contributed by atoms with Crippen LogP contribution < -0.4 is 4.90 Å². The molecule has 0 unspecified atom stereocenters. The van der Waals surface area contributed by atoms with E-state index in [0.717, 1.165) is 30.8 Å². The fourth-order valence-corrected chi connectivity index (χ4v) is 2.43. The number of carbonyl (C=O) groups excluding carboxylic acids is 2. The van der Waals surface area contributed by atoms with Crippen LogP contribution in [0.25, 0.3) is 0 Å². The Morgan fingerprint density at radius 2 is 1.95 bits per heavy atom. The van der Waals surface area contributed by atoms with Crippen molar-refractivity contribution >= 4 is 17.7 Å². The Kier molecular flexibility index (Phi) is 5.20. The van der Waals surface area contributed by atoms with Crippen molar-refractivity contribution in [1.29, 1.82) is 0 Å². The van der Waals surface area contributed by atoms with Gasteiger partial charge in [-0.1, -0.05) is 12.1 Å². The summed E-state index contributed by atoms with van der Waals surface area (Å²) in [6, 6.07) is 7.86. The van der Waals surface area contributed by atoms with Crippen LogP contribution in [0.5, 0.6) is 0 Å². The third-order valence-corrected chi connectivity index (χ3v) is 3.60. The second-order valence-electron chi connectivity index (χ2n) is 5.18. The summed E-state index contributed by atoms with van der Waals surface area (Å²) in [4.78, 5) is 26.9. The highest BCUT2D eigenvalue weighted by molar-refractivity contribution is 5.92. The summed E-state index contributed by atoms with van der Waals surface area (Å²) in [6.45, 7) is 3.79. The Morgan fingerprint density at radius 3 is 2.62 bits per heavy atom. The first-order valence-electron chi connectivity index (χ1n) is 7.39. The van der Waals surface area contributed by atoms with Gasteiger partial charge in [-0.05, 0) is 37.5 Å². The fourth-order valence-electron chi connectivity index (χ4n) is 2.43. The van der Waals surface area contributed by atoms with E-state index in [2.05, 4.69) is 0 Å². The van der Waals surface area contributed by atoms with E-state index >= 15 is 0 Å². The van der Waals surface area contributed by atoms with E-state index in [9.17, 15) is 9.59 Å². The molecule has 1 aromatic carbocycles. The lowest BCUT2D eigenvalue weighted by atomic mass is 10.1. The Bertz CT molecular complexity index is 499. The number of benzene rings is 1. The molecule has 5 nitrogen and oxygen atoms in total. The molecule has 1 heterocycles. The number of carbonyl (C=O) groups is 2. The largest absolute Gasteiger partial charge is 0.466 e. The maximum atomic E-state index is 12.1. The molecule has 1 aliphatic heterocycles. The number of nitrogens with zero attached hydrogens (tertiary/aromatic N) is 2. The van der Waals surface area contributed by atoms with Crippen molar-refractivity contribution in [3.8, 4) is 0 Å². The van der Waals surface area contributed by atoms with Crippen LogP contribution in [0.3, 0.4) is 0 Å². The van der Waals surface area contributed by atoms with E-state index in [0.29, 0.717) is 19.4 Å². The zero-order valence-electron chi connectivity index (χ0n) is 12.7. The summed E-state index contributed by atoms with van der Waals surface area (Å²) in [6.07, 6.45) is 2.03. The molecule has 0 atom stereocenters. The number of hydrogen-bond donors (Lipinski definition) is 0. The second-order valence-corrected chi connectivity index (χ2v) is 5.18. The molecule has 0 bridgehead atoms. The standard InChI is InChI=1S/C16H22N2O3/c1-3-21-15(19)10-7-13-5-8-14(9-6-13)18-12-4-11-17(2)16(18)20/h5-6,8-9H,3-4,7,10-12H2,1-2H3. The van der Waals surface area contributed by atoms with Crippen LogP contribution in [0, 0.1) is 0 Å². The summed E-state index contributed by atoms with van der Waals surface area (Å²) in [5.41, 5.74) is 1.98. The minimum Gasteiger partial charge on any atom is -0.466 e. The molecule has 0 radical (unpaired) electrons. The predicted octanol–water partition coefficient (Wildman–Crippen LogP) is 2.44. The first-order chi connectivity index (χ1) is 10.1. The molecule has 1 aromatic rings. The number of ether oxygens (including phenoxy) is 1. The summed E-state index contributed by atoms with van der Waals surface area (Å²) >= 11 is 0. The Hall–Kier alpha value is -2.04. The molecule has 2 rings (SSSR count). The first kappa shape index (κ1) is 15.4. The topological polar surface area (TPSA) is 49.9 Å². The molecule has 0 aromatic heterocycles. The van der Waals surface area contributed by atoms with Gasteiger partial charge in [-0.2, -0.15) is 0 Å². The zero-order chi connectivity index (χ0) is 15.2. The Labute approximate surface area is 125 Å². The number of esters is 1. The number of aryl methyl sites for hydroxylation is 1. The van der Waals surface area contributed by atoms with Gasteiger partial charge in [0.1, 0.15) is 0 Å². The van der Waals surface area contributed by atoms with Crippen LogP contribution in [0.15, 0.2) is 24.3 Å². The summed E-state index contributed by atoms with van der Waals surface area (Å²) in [7, 11) is 1.82. The summed E-state index contributed by atoms with van der Waals surface area (Å²) in [5, 5.41) is 0. The number of anilines is 1. The van der Waals surface area contributed by atoms with Crippen molar-refractivity contribution < 1.29 is 14.3 Å². The molecule has 1 aliphatic rings. The molecule has 0 saturated carbocycles. The van der Waals surface area contributed by atoms with Crippen molar-refractivity contribution in [2.45, 2.75) is 26.2 Å². The second kappa shape index (κ2) is 7.11. The minimum absolute atomic E-state index is 0.0422. The molecule has 0 N–H and O–H groups in total. The summed E-state index contributed by atoms with van der Waals surface area (Å²) < 4.78 is 4.91. The van der Waals surface area contributed by atoms with E-state index in [-0.39, 0.29) is 12.0 Å². The Balaban J connectivity index is 1.95. The van der Waals surface area contributed by atoms with Gasteiger partial charge < -0.3 is 9.64 Å². The maximum Gasteiger partial charge on any atom is 0.324 e. The third-order valence-electron chi connectivity index (χ3n) is 3.60. The van der Waals surface area contributed by atoms with Crippen LogP contribution in [-0.4, -0.2) is 43.6 Å². The molecular weight excluding hydrogens is 268 g/mol. The van der Waals surface area contributed by atoms with Crippen molar-refractivity contribution in [1.82, 2.24) is 4.90 Å². The normalized spacial score (nSPS) is 15.2. The average molecular weight is 290 g/mol. The van der Waals surface area contributed by atoms with Gasteiger partial charge in [0.05, 0.1) is 6.61 Å². The van der Waals surface area contributed by atoms with Gasteiger partial charge in [0, 0.05) is 32.2 Å². The minimum atomic E-state index is -0.172. The third kappa shape index (κ3) is 3.97. The van der Waals surface area contributed by atoms with Gasteiger partial charge in [-0.15, -0.1) is 0 Å². The lowest BCUT2D eigenvalue weighted by molar-refractivity contribution is -0.143. The van der Waals surface area contributed by atoms with Gasteiger partial charge in [0.15, 0.2) is 0 Å². The molecule has 5 heteroatoms. The van der Waals surface area contributed by atoms with Crippen molar-refractivity contribution in [2.24, 2.45) is 0 Å². The molecule has 114 valence electrons. The van der Waals surface area contributed by atoms with Crippen LogP contribution in [0.1, 0.15) is 25.3 Å². The van der Waals surface area contributed by atoms with Crippen molar-refractivity contribution in [3.63, 3.8) is 0 Å². The van der Waals surface area contributed by atoms with Gasteiger partial charge in [0.2, 0.25) is 0 Å². The highest BCUT2D eigenvalue weighted by Crippen LogP contribution is 2.20. The van der Waals surface area contributed by atoms with Gasteiger partial charge in [0.25, 0.3) is 0 Å². The smallest absolute Gasteiger partial charge is 0.324 e. The van der Waals surface area contributed by atoms with E-state index in [1.165, 1.54) is 0 Å². The van der Waals surface area contributed by atoms with Crippen LogP contribution in [0.2, 0.25) is 0 Å². The van der Waals surface area contributed by atoms with Crippen LogP contribution in [-0.2, 0) is 16.0 Å². The van der Waals surface area contributed by atoms with Crippen LogP contribution >= 0.6 is 0 Å². The number of urea groups is 1. The lowest BCUT2D eigenvalue weighted by Gasteiger charge is -2.33. The van der Waals surface area contributed by atoms with E-state index in [1.807, 2.05) is 31.3 Å². The highest BCUT2D eigenvalue weighted by atomic mass is 16.5. The highest BCUT2D eigenvalue weighted by Gasteiger charge is 2.23. The van der Waals surface area contributed by atoms with E-state index < -0.39 is 0 Å². The average Bonchev–Trinajstić information content (AvgIpc) is 2.49. The van der Waals surface area contributed by atoms with Gasteiger partial charge >= 0.3 is 12.0 Å². The van der Waals surface area contributed by atoms with Crippen molar-refractivity contribution in [2.75, 3.05) is 31.6 Å². The van der Waals surface area contributed by atoms with Crippen LogP contribution in [0.4, 0.5) is 10.5 Å². The summed E-state index contributed by atoms with van der Waals surface area (Å²) in [5.74, 6) is -0.172. The number of amides is 2. The Morgan fingerprint density at radius 1 is 1.24 bits per heavy atom. The fraction of sp³-hybridized carbons (Fsp3) is 0.500. The number of rotatable bonds is 5. The van der Waals surface area contributed by atoms with Crippen molar-refractivity contribution in [3.05, 3.63) is 29.8 Å². The predicted molar refractivity (Wildman–Crippen MR) is 81.4 cm³/mol. The quantitative estimate of drug-likeness (QED) is 0.783. The SMILES string of the molecule is CCOC(=O)CCc1ccc(N2CCCN(C)C2=O)cc1. The molecule has 21 heavy (non-hydrogen) atoms. The molecule has 1 saturated heterocycles. The lowest BCUT2D eigenvalue weighted by Crippen LogP contribution is -2.47. The van der Waals surface area contributed by atoms with E-state index in [4.69, 9.17) is 4.74 Å². The molecule has 0 aliphatic carbocycles. The monoisotopic (exact) mass is 290 g/mol. The number of hydrogen-bond acceptors (Lipinski definition) is 3. The van der Waals surface area contributed by atoms with Gasteiger partial charge in [-0.3, -0.25) is 9.69 Å². The van der Waals surface area contributed by atoms with Gasteiger partial charge in [-0.25, -0.2) is 4.79 Å². The molecule has 1 fully saturated rings. The molecular formula is C16H22N2O3. The molecule has 0 spiro atoms. The molecule has 2 amide bonds. The zero-order valence-corrected chi connectivity index (χ0v) is 12.7. The van der Waals surface area contributed by atoms with E-state index in [1.54, 1.807) is 16.7 Å². The first-order valence-corrected chi connectivity index (χ1v) is 7.39. The maximum absolute atomic E-state index is 12.1.